The molecule has 0 radical (unpaired) electrons. The minimum Gasteiger partial charge on any atom is -0.497 e. The molecule has 0 aliphatic carbocycles. The van der Waals surface area contributed by atoms with Gasteiger partial charge in [0.2, 0.25) is 5.91 Å². The summed E-state index contributed by atoms with van der Waals surface area (Å²) < 4.78 is 5.12. The zero-order chi connectivity index (χ0) is 18.4. The van der Waals surface area contributed by atoms with Gasteiger partial charge in [0, 0.05) is 12.2 Å². The highest BCUT2D eigenvalue weighted by atomic mass is 32.2. The summed E-state index contributed by atoms with van der Waals surface area (Å²) in [4.78, 5) is 16.8. The van der Waals surface area contributed by atoms with Gasteiger partial charge in [-0.1, -0.05) is 23.9 Å². The van der Waals surface area contributed by atoms with E-state index in [0.717, 1.165) is 22.6 Å². The Bertz CT molecular complexity index is 798. The number of pyridine rings is 1. The molecule has 1 unspecified atom stereocenters. The third kappa shape index (κ3) is 4.97. The number of amides is 1. The molecule has 2 rings (SSSR count). The Morgan fingerprint density at radius 3 is 2.64 bits per heavy atom. The highest BCUT2D eigenvalue weighted by Gasteiger charge is 2.18. The Hall–Kier alpha value is -2.52. The molecule has 1 amide bonds. The number of nitrogens with zero attached hydrogens (tertiary/aromatic N) is 2. The number of aromatic nitrogens is 1. The first-order chi connectivity index (χ1) is 11.9. The van der Waals surface area contributed by atoms with Crippen LogP contribution in [0.5, 0.6) is 5.75 Å². The van der Waals surface area contributed by atoms with Crippen molar-refractivity contribution in [1.29, 1.82) is 5.26 Å². The number of nitrogens with one attached hydrogen (secondary N) is 1. The Kier molecular flexibility index (Phi) is 6.43. The van der Waals surface area contributed by atoms with Crippen LogP contribution in [0.2, 0.25) is 0 Å². The molecule has 0 aliphatic rings. The number of thioether (sulfide) groups is 1. The molecule has 2 aromatic rings. The number of carbonyl (C=O) groups excluding carboxylic acids is 1. The zero-order valence-corrected chi connectivity index (χ0v) is 15.6. The van der Waals surface area contributed by atoms with Crippen molar-refractivity contribution in [3.63, 3.8) is 0 Å². The van der Waals surface area contributed by atoms with E-state index in [1.807, 2.05) is 51.1 Å². The molecule has 1 aromatic carbocycles. The van der Waals surface area contributed by atoms with Crippen LogP contribution in [0.3, 0.4) is 0 Å². The molecule has 1 atom stereocenters. The summed E-state index contributed by atoms with van der Waals surface area (Å²) in [5.41, 5.74) is 3.24. The van der Waals surface area contributed by atoms with Crippen LogP contribution in [0.25, 0.3) is 0 Å². The van der Waals surface area contributed by atoms with E-state index in [-0.39, 0.29) is 11.2 Å². The smallest absolute Gasteiger partial charge is 0.233 e. The van der Waals surface area contributed by atoms with Crippen LogP contribution in [0, 0.1) is 25.2 Å². The number of rotatable bonds is 6. The number of hydrogen-bond acceptors (Lipinski definition) is 5. The Morgan fingerprint density at radius 2 is 2.04 bits per heavy atom. The van der Waals surface area contributed by atoms with Gasteiger partial charge >= 0.3 is 0 Å². The van der Waals surface area contributed by atoms with E-state index in [2.05, 4.69) is 16.4 Å². The van der Waals surface area contributed by atoms with Gasteiger partial charge in [0.25, 0.3) is 0 Å². The van der Waals surface area contributed by atoms with Gasteiger partial charge in [-0.15, -0.1) is 0 Å². The molecule has 130 valence electrons. The number of methoxy groups -OCH3 is 1. The third-order valence-electron chi connectivity index (χ3n) is 3.71. The molecule has 1 N–H and O–H groups in total. The van der Waals surface area contributed by atoms with Crippen molar-refractivity contribution in [2.45, 2.75) is 37.6 Å². The molecule has 6 heteroatoms. The molecule has 25 heavy (non-hydrogen) atoms. The predicted octanol–water partition coefficient (Wildman–Crippen LogP) is 3.38. The summed E-state index contributed by atoms with van der Waals surface area (Å²) in [5.74, 6) is 0.689. The lowest BCUT2D eigenvalue weighted by Crippen LogP contribution is -2.30. The first-order valence-corrected chi connectivity index (χ1v) is 8.78. The van der Waals surface area contributed by atoms with Crippen molar-refractivity contribution in [2.24, 2.45) is 0 Å². The molecular weight excluding hydrogens is 334 g/mol. The lowest BCUT2D eigenvalue weighted by atomic mass is 10.1. The third-order valence-corrected chi connectivity index (χ3v) is 4.79. The molecular formula is C19H21N3O2S. The number of ether oxygens (including phenoxy) is 1. The van der Waals surface area contributed by atoms with Gasteiger partial charge in [0.05, 0.1) is 17.9 Å². The van der Waals surface area contributed by atoms with Crippen molar-refractivity contribution in [1.82, 2.24) is 10.3 Å². The van der Waals surface area contributed by atoms with Crippen LogP contribution in [0.1, 0.15) is 29.3 Å². The predicted molar refractivity (Wildman–Crippen MR) is 98.6 cm³/mol. The number of carbonyl (C=O) groups is 1. The fourth-order valence-electron chi connectivity index (χ4n) is 2.32. The average molecular weight is 355 g/mol. The molecule has 1 heterocycles. The van der Waals surface area contributed by atoms with Gasteiger partial charge in [0.15, 0.2) is 0 Å². The molecule has 0 aliphatic heterocycles. The Balaban J connectivity index is 1.99. The minimum absolute atomic E-state index is 0.0920. The second kappa shape index (κ2) is 8.54. The van der Waals surface area contributed by atoms with Crippen LogP contribution >= 0.6 is 11.8 Å². The molecule has 0 bridgehead atoms. The SMILES string of the molecule is COc1ccc(CNC(=O)C(C)Sc2nc(C)cc(C)c2C#N)cc1. The van der Waals surface area contributed by atoms with Gasteiger partial charge in [0.1, 0.15) is 16.8 Å². The minimum atomic E-state index is -0.348. The largest absolute Gasteiger partial charge is 0.497 e. The van der Waals surface area contributed by atoms with Crippen LogP contribution < -0.4 is 10.1 Å². The van der Waals surface area contributed by atoms with Crippen LogP contribution in [-0.2, 0) is 11.3 Å². The summed E-state index contributed by atoms with van der Waals surface area (Å²) in [7, 11) is 1.62. The quantitative estimate of drug-likeness (QED) is 0.804. The first kappa shape index (κ1) is 18.8. The highest BCUT2D eigenvalue weighted by Crippen LogP contribution is 2.27. The fraction of sp³-hybridized carbons (Fsp3) is 0.316. The van der Waals surface area contributed by atoms with Crippen molar-refractivity contribution in [3.8, 4) is 11.8 Å². The summed E-state index contributed by atoms with van der Waals surface area (Å²) in [5, 5.41) is 12.5. The Morgan fingerprint density at radius 1 is 1.36 bits per heavy atom. The van der Waals surface area contributed by atoms with Gasteiger partial charge in [-0.3, -0.25) is 4.79 Å². The second-order valence-corrected chi connectivity index (χ2v) is 7.03. The molecule has 5 nitrogen and oxygen atoms in total. The van der Waals surface area contributed by atoms with E-state index in [1.165, 1.54) is 11.8 Å². The van der Waals surface area contributed by atoms with Gasteiger partial charge in [-0.05, 0) is 50.1 Å². The Labute approximate surface area is 152 Å². The second-order valence-electron chi connectivity index (χ2n) is 5.70. The van der Waals surface area contributed by atoms with Crippen molar-refractivity contribution >= 4 is 17.7 Å². The normalized spacial score (nSPS) is 11.5. The number of benzene rings is 1. The molecule has 1 aromatic heterocycles. The molecule has 0 fully saturated rings. The number of aryl methyl sites for hydroxylation is 2. The van der Waals surface area contributed by atoms with Crippen molar-refractivity contribution in [2.75, 3.05) is 7.11 Å². The standard InChI is InChI=1S/C19H21N3O2S/c1-12-9-13(2)22-19(17(12)10-20)25-14(3)18(23)21-11-15-5-7-16(24-4)8-6-15/h5-9,14H,11H2,1-4H3,(H,21,23). The summed E-state index contributed by atoms with van der Waals surface area (Å²) in [6, 6.07) is 11.6. The monoisotopic (exact) mass is 355 g/mol. The average Bonchev–Trinajstić information content (AvgIpc) is 2.59. The molecule has 0 saturated heterocycles. The van der Waals surface area contributed by atoms with E-state index in [1.54, 1.807) is 7.11 Å². The summed E-state index contributed by atoms with van der Waals surface area (Å²) in [6.07, 6.45) is 0. The van der Waals surface area contributed by atoms with Gasteiger partial charge < -0.3 is 10.1 Å². The first-order valence-electron chi connectivity index (χ1n) is 7.90. The maximum absolute atomic E-state index is 12.3. The van der Waals surface area contributed by atoms with E-state index in [0.29, 0.717) is 17.1 Å². The summed E-state index contributed by atoms with van der Waals surface area (Å²) >= 11 is 1.31. The van der Waals surface area contributed by atoms with Crippen LogP contribution in [-0.4, -0.2) is 23.3 Å². The van der Waals surface area contributed by atoms with Crippen molar-refractivity contribution < 1.29 is 9.53 Å². The topological polar surface area (TPSA) is 75.0 Å². The van der Waals surface area contributed by atoms with Crippen LogP contribution in [0.4, 0.5) is 0 Å². The lowest BCUT2D eigenvalue weighted by molar-refractivity contribution is -0.120. The fourth-order valence-corrected chi connectivity index (χ4v) is 3.37. The van der Waals surface area contributed by atoms with Gasteiger partial charge in [-0.25, -0.2) is 4.98 Å². The van der Waals surface area contributed by atoms with Crippen LogP contribution in [0.15, 0.2) is 35.4 Å². The van der Waals surface area contributed by atoms with Crippen molar-refractivity contribution in [3.05, 3.63) is 52.7 Å². The maximum atomic E-state index is 12.3. The molecule has 0 saturated carbocycles. The van der Waals surface area contributed by atoms with E-state index in [4.69, 9.17) is 4.74 Å². The van der Waals surface area contributed by atoms with E-state index < -0.39 is 0 Å². The highest BCUT2D eigenvalue weighted by molar-refractivity contribution is 8.00. The zero-order valence-electron chi connectivity index (χ0n) is 14.8. The lowest BCUT2D eigenvalue weighted by Gasteiger charge is -2.14. The summed E-state index contributed by atoms with van der Waals surface area (Å²) in [6.45, 7) is 6.02. The van der Waals surface area contributed by atoms with Gasteiger partial charge in [-0.2, -0.15) is 5.26 Å². The number of hydrogen-bond donors (Lipinski definition) is 1. The van der Waals surface area contributed by atoms with E-state index >= 15 is 0 Å². The maximum Gasteiger partial charge on any atom is 0.233 e. The van der Waals surface area contributed by atoms with E-state index in [9.17, 15) is 10.1 Å². The molecule has 0 spiro atoms. The number of nitriles is 1.